The van der Waals surface area contributed by atoms with E-state index in [1.807, 2.05) is 49.4 Å². The molecule has 25 heavy (non-hydrogen) atoms. The molecule has 0 spiro atoms. The summed E-state index contributed by atoms with van der Waals surface area (Å²) < 4.78 is 1.86. The second-order valence-electron chi connectivity index (χ2n) is 5.43. The zero-order valence-electron chi connectivity index (χ0n) is 13.3. The van der Waals surface area contributed by atoms with Crippen LogP contribution in [0.3, 0.4) is 0 Å². The summed E-state index contributed by atoms with van der Waals surface area (Å²) >= 11 is 7.82. The van der Waals surface area contributed by atoms with Crippen molar-refractivity contribution in [1.82, 2.24) is 4.90 Å². The molecule has 1 aliphatic rings. The third-order valence-electron chi connectivity index (χ3n) is 3.68. The van der Waals surface area contributed by atoms with Gasteiger partial charge in [-0.3, -0.25) is 14.5 Å². The standard InChI is InChI=1S/C18H14Br2N2O2S/c1-11-8-13(19)6-7-15(11)21-10-22-17(23)16(25-18(22)24)9-12-4-2-3-5-14(12)20/h2-9,21H,10H2,1H3/b16-9+. The summed E-state index contributed by atoms with van der Waals surface area (Å²) in [6, 6.07) is 13.4. The molecule has 0 atom stereocenters. The monoisotopic (exact) mass is 480 g/mol. The lowest BCUT2D eigenvalue weighted by molar-refractivity contribution is -0.122. The maximum atomic E-state index is 12.5. The van der Waals surface area contributed by atoms with Gasteiger partial charge in [0.1, 0.15) is 0 Å². The lowest BCUT2D eigenvalue weighted by Crippen LogP contribution is -2.33. The van der Waals surface area contributed by atoms with E-state index in [4.69, 9.17) is 0 Å². The van der Waals surface area contributed by atoms with Crippen molar-refractivity contribution < 1.29 is 9.59 Å². The van der Waals surface area contributed by atoms with E-state index < -0.39 is 0 Å². The first-order valence-corrected chi connectivity index (χ1v) is 9.86. The van der Waals surface area contributed by atoms with E-state index in [0.29, 0.717) is 4.91 Å². The number of nitrogens with one attached hydrogen (secondary N) is 1. The largest absolute Gasteiger partial charge is 0.367 e. The number of anilines is 1. The van der Waals surface area contributed by atoms with Crippen molar-refractivity contribution in [3.63, 3.8) is 0 Å². The molecule has 0 saturated carbocycles. The number of carbonyl (C=O) groups excluding carboxylic acids is 2. The number of hydrogen-bond acceptors (Lipinski definition) is 4. The van der Waals surface area contributed by atoms with Gasteiger partial charge >= 0.3 is 0 Å². The number of thioether (sulfide) groups is 1. The van der Waals surface area contributed by atoms with Gasteiger partial charge < -0.3 is 5.32 Å². The van der Waals surface area contributed by atoms with Crippen molar-refractivity contribution in [3.05, 3.63) is 67.4 Å². The Hall–Kier alpha value is -1.57. The van der Waals surface area contributed by atoms with Crippen molar-refractivity contribution in [3.8, 4) is 0 Å². The number of nitrogens with zero attached hydrogens (tertiary/aromatic N) is 1. The van der Waals surface area contributed by atoms with Crippen molar-refractivity contribution >= 4 is 66.5 Å². The van der Waals surface area contributed by atoms with Crippen LogP contribution in [0.25, 0.3) is 6.08 Å². The van der Waals surface area contributed by atoms with Gasteiger partial charge in [0.15, 0.2) is 0 Å². The molecule has 0 radical (unpaired) electrons. The van der Waals surface area contributed by atoms with Crippen LogP contribution in [0.15, 0.2) is 56.3 Å². The predicted octanol–water partition coefficient (Wildman–Crippen LogP) is 5.63. The van der Waals surface area contributed by atoms with Gasteiger partial charge in [0, 0.05) is 14.6 Å². The van der Waals surface area contributed by atoms with Gasteiger partial charge in [-0.2, -0.15) is 0 Å². The van der Waals surface area contributed by atoms with Gasteiger partial charge in [-0.15, -0.1) is 0 Å². The van der Waals surface area contributed by atoms with Crippen LogP contribution in [0, 0.1) is 6.92 Å². The highest BCUT2D eigenvalue weighted by Crippen LogP contribution is 2.33. The SMILES string of the molecule is Cc1cc(Br)ccc1NCN1C(=O)S/C(=C/c2ccccc2Br)C1=O. The topological polar surface area (TPSA) is 49.4 Å². The lowest BCUT2D eigenvalue weighted by atomic mass is 10.2. The Bertz CT molecular complexity index is 883. The Morgan fingerprint density at radius 1 is 1.16 bits per heavy atom. The predicted molar refractivity (Wildman–Crippen MR) is 109 cm³/mol. The molecule has 0 unspecified atom stereocenters. The fraction of sp³-hybridized carbons (Fsp3) is 0.111. The highest BCUT2D eigenvalue weighted by Gasteiger charge is 2.34. The van der Waals surface area contributed by atoms with E-state index in [1.165, 1.54) is 4.90 Å². The van der Waals surface area contributed by atoms with E-state index >= 15 is 0 Å². The van der Waals surface area contributed by atoms with Crippen molar-refractivity contribution in [2.45, 2.75) is 6.92 Å². The van der Waals surface area contributed by atoms with Gasteiger partial charge in [0.25, 0.3) is 11.1 Å². The van der Waals surface area contributed by atoms with E-state index in [0.717, 1.165) is 37.5 Å². The van der Waals surface area contributed by atoms with Crippen LogP contribution >= 0.6 is 43.6 Å². The molecule has 3 rings (SSSR count). The minimum absolute atomic E-state index is 0.139. The second kappa shape index (κ2) is 7.76. The fourth-order valence-corrected chi connectivity index (χ4v) is 4.06. The van der Waals surface area contributed by atoms with Crippen LogP contribution in [0.5, 0.6) is 0 Å². The molecular formula is C18H14Br2N2O2S. The molecule has 1 saturated heterocycles. The second-order valence-corrected chi connectivity index (χ2v) is 8.19. The van der Waals surface area contributed by atoms with Crippen LogP contribution in [-0.4, -0.2) is 22.7 Å². The molecule has 0 aromatic heterocycles. The van der Waals surface area contributed by atoms with Crippen LogP contribution in [0.4, 0.5) is 10.5 Å². The molecule has 0 aliphatic carbocycles. The molecule has 2 amide bonds. The average molecular weight is 482 g/mol. The fourth-order valence-electron chi connectivity index (χ4n) is 2.36. The third-order valence-corrected chi connectivity index (χ3v) is 5.80. The molecule has 7 heteroatoms. The van der Waals surface area contributed by atoms with Gasteiger partial charge in [-0.25, -0.2) is 0 Å². The van der Waals surface area contributed by atoms with Gasteiger partial charge in [-0.1, -0.05) is 50.1 Å². The Morgan fingerprint density at radius 2 is 1.92 bits per heavy atom. The van der Waals surface area contributed by atoms with Gasteiger partial charge in [0.2, 0.25) is 0 Å². The minimum atomic E-state index is -0.284. The first-order chi connectivity index (χ1) is 12.0. The summed E-state index contributed by atoms with van der Waals surface area (Å²) in [7, 11) is 0. The lowest BCUT2D eigenvalue weighted by Gasteiger charge is -2.16. The maximum absolute atomic E-state index is 12.5. The molecule has 1 aliphatic heterocycles. The number of amides is 2. The van der Waals surface area contributed by atoms with E-state index in [-0.39, 0.29) is 17.8 Å². The van der Waals surface area contributed by atoms with Crippen LogP contribution in [-0.2, 0) is 4.79 Å². The van der Waals surface area contributed by atoms with Crippen molar-refractivity contribution in [2.75, 3.05) is 12.0 Å². The summed E-state index contributed by atoms with van der Waals surface area (Å²) in [6.45, 7) is 2.11. The smallest absolute Gasteiger partial charge is 0.295 e. The normalized spacial score (nSPS) is 16.0. The Morgan fingerprint density at radius 3 is 2.64 bits per heavy atom. The van der Waals surface area contributed by atoms with E-state index in [1.54, 1.807) is 6.08 Å². The van der Waals surface area contributed by atoms with Crippen LogP contribution in [0.2, 0.25) is 0 Å². The highest BCUT2D eigenvalue weighted by molar-refractivity contribution is 9.10. The number of carbonyl (C=O) groups is 2. The zero-order valence-corrected chi connectivity index (χ0v) is 17.2. The number of hydrogen-bond donors (Lipinski definition) is 1. The first kappa shape index (κ1) is 18.2. The average Bonchev–Trinajstić information content (AvgIpc) is 2.83. The molecule has 1 fully saturated rings. The summed E-state index contributed by atoms with van der Waals surface area (Å²) in [6.07, 6.45) is 1.74. The number of rotatable bonds is 4. The number of benzene rings is 2. The number of halogens is 2. The minimum Gasteiger partial charge on any atom is -0.367 e. The van der Waals surface area contributed by atoms with Crippen LogP contribution < -0.4 is 5.32 Å². The highest BCUT2D eigenvalue weighted by atomic mass is 79.9. The molecule has 1 heterocycles. The zero-order chi connectivity index (χ0) is 18.0. The molecule has 2 aromatic rings. The van der Waals surface area contributed by atoms with Crippen molar-refractivity contribution in [2.24, 2.45) is 0 Å². The molecular weight excluding hydrogens is 468 g/mol. The van der Waals surface area contributed by atoms with Gasteiger partial charge in [0.05, 0.1) is 11.6 Å². The molecule has 2 aromatic carbocycles. The van der Waals surface area contributed by atoms with Gasteiger partial charge in [-0.05, 0) is 60.2 Å². The molecule has 4 nitrogen and oxygen atoms in total. The van der Waals surface area contributed by atoms with Crippen LogP contribution in [0.1, 0.15) is 11.1 Å². The van der Waals surface area contributed by atoms with E-state index in [2.05, 4.69) is 37.2 Å². The Balaban J connectivity index is 1.74. The molecule has 1 N–H and O–H groups in total. The quantitative estimate of drug-likeness (QED) is 0.575. The Kier molecular flexibility index (Phi) is 5.66. The number of aryl methyl sites for hydroxylation is 1. The molecule has 128 valence electrons. The van der Waals surface area contributed by atoms with Crippen molar-refractivity contribution in [1.29, 1.82) is 0 Å². The number of imide groups is 1. The molecule has 0 bridgehead atoms. The third kappa shape index (κ3) is 4.16. The summed E-state index contributed by atoms with van der Waals surface area (Å²) in [5, 5.41) is 2.88. The summed E-state index contributed by atoms with van der Waals surface area (Å²) in [5.74, 6) is -0.284. The summed E-state index contributed by atoms with van der Waals surface area (Å²) in [5.41, 5.74) is 2.78. The van der Waals surface area contributed by atoms with E-state index in [9.17, 15) is 9.59 Å². The maximum Gasteiger partial charge on any atom is 0.295 e. The Labute approximate surface area is 166 Å². The first-order valence-electron chi connectivity index (χ1n) is 7.45. The summed E-state index contributed by atoms with van der Waals surface area (Å²) in [4.78, 5) is 26.4.